The highest BCUT2D eigenvalue weighted by Gasteiger charge is 2.44. The number of nitrogens with one attached hydrogen (secondary N) is 1. The Morgan fingerprint density at radius 1 is 1.35 bits per heavy atom. The van der Waals surface area contributed by atoms with Crippen molar-refractivity contribution in [2.75, 3.05) is 11.9 Å². The number of amides is 1. The number of rotatable bonds is 4. The Balaban J connectivity index is 1.70. The van der Waals surface area contributed by atoms with Crippen molar-refractivity contribution < 1.29 is 14.5 Å². The number of hydrogen-bond acceptors (Lipinski definition) is 5. The van der Waals surface area contributed by atoms with Crippen molar-refractivity contribution in [2.45, 2.75) is 50.7 Å². The summed E-state index contributed by atoms with van der Waals surface area (Å²) in [6, 6.07) is 7.15. The van der Waals surface area contributed by atoms with E-state index in [4.69, 9.17) is 4.74 Å². The van der Waals surface area contributed by atoms with Crippen LogP contribution in [0.2, 0.25) is 0 Å². The molecular formula is C16H21N3O4. The fourth-order valence-electron chi connectivity index (χ4n) is 3.77. The molecule has 2 fully saturated rings. The third kappa shape index (κ3) is 3.09. The van der Waals surface area contributed by atoms with Gasteiger partial charge >= 0.3 is 6.09 Å². The zero-order valence-corrected chi connectivity index (χ0v) is 13.1. The number of nitro benzene ring substituents is 1. The van der Waals surface area contributed by atoms with E-state index in [2.05, 4.69) is 5.32 Å². The quantitative estimate of drug-likeness (QED) is 0.680. The lowest BCUT2D eigenvalue weighted by Crippen LogP contribution is -2.49. The van der Waals surface area contributed by atoms with Gasteiger partial charge in [-0.05, 0) is 38.7 Å². The molecule has 3 rings (SSSR count). The van der Waals surface area contributed by atoms with Crippen LogP contribution in [0.5, 0.6) is 0 Å². The molecule has 1 aromatic carbocycles. The van der Waals surface area contributed by atoms with Crippen LogP contribution in [0.4, 0.5) is 16.2 Å². The minimum Gasteiger partial charge on any atom is -0.450 e. The Labute approximate surface area is 134 Å². The molecule has 0 saturated carbocycles. The van der Waals surface area contributed by atoms with E-state index in [1.54, 1.807) is 18.2 Å². The van der Waals surface area contributed by atoms with Gasteiger partial charge < -0.3 is 15.0 Å². The Morgan fingerprint density at radius 2 is 2.00 bits per heavy atom. The monoisotopic (exact) mass is 319 g/mol. The molecule has 2 aliphatic heterocycles. The summed E-state index contributed by atoms with van der Waals surface area (Å²) in [7, 11) is 0. The fraction of sp³-hybridized carbons (Fsp3) is 0.562. The van der Waals surface area contributed by atoms with Crippen molar-refractivity contribution in [2.24, 2.45) is 0 Å². The molecule has 2 heterocycles. The molecule has 2 saturated heterocycles. The molecule has 2 bridgehead atoms. The van der Waals surface area contributed by atoms with E-state index in [-0.39, 0.29) is 34.8 Å². The molecule has 2 atom stereocenters. The molecule has 2 aliphatic rings. The summed E-state index contributed by atoms with van der Waals surface area (Å²) in [4.78, 5) is 24.7. The normalized spacial score (nSPS) is 26.0. The molecule has 0 spiro atoms. The minimum atomic E-state index is -0.370. The lowest BCUT2D eigenvalue weighted by atomic mass is 9.97. The van der Waals surface area contributed by atoms with Crippen molar-refractivity contribution in [3.8, 4) is 0 Å². The fourth-order valence-corrected chi connectivity index (χ4v) is 3.77. The molecule has 2 unspecified atom stereocenters. The van der Waals surface area contributed by atoms with Gasteiger partial charge in [-0.1, -0.05) is 12.1 Å². The molecular weight excluding hydrogens is 298 g/mol. The van der Waals surface area contributed by atoms with E-state index >= 15 is 0 Å². The summed E-state index contributed by atoms with van der Waals surface area (Å²) in [6.07, 6.45) is 3.30. The average molecular weight is 319 g/mol. The van der Waals surface area contributed by atoms with Gasteiger partial charge in [0.05, 0.1) is 11.5 Å². The van der Waals surface area contributed by atoms with Gasteiger partial charge in [0, 0.05) is 24.2 Å². The predicted molar refractivity (Wildman–Crippen MR) is 85.4 cm³/mol. The molecule has 0 aromatic heterocycles. The Morgan fingerprint density at radius 3 is 2.61 bits per heavy atom. The van der Waals surface area contributed by atoms with Crippen molar-refractivity contribution in [3.63, 3.8) is 0 Å². The first-order valence-corrected chi connectivity index (χ1v) is 8.05. The largest absolute Gasteiger partial charge is 0.450 e. The molecule has 1 N–H and O–H groups in total. The second-order valence-electron chi connectivity index (χ2n) is 6.08. The molecule has 124 valence electrons. The first-order chi connectivity index (χ1) is 11.1. The van der Waals surface area contributed by atoms with Crippen LogP contribution < -0.4 is 5.32 Å². The van der Waals surface area contributed by atoms with Crippen LogP contribution in [-0.2, 0) is 4.74 Å². The molecule has 0 aliphatic carbocycles. The topological polar surface area (TPSA) is 84.7 Å². The van der Waals surface area contributed by atoms with Gasteiger partial charge in [0.1, 0.15) is 5.69 Å². The summed E-state index contributed by atoms with van der Waals surface area (Å²) in [6.45, 7) is 2.19. The highest BCUT2D eigenvalue weighted by molar-refractivity contribution is 5.69. The maximum atomic E-state index is 12.1. The molecule has 7 nitrogen and oxygen atoms in total. The first kappa shape index (κ1) is 15.6. The van der Waals surface area contributed by atoms with Gasteiger partial charge in [-0.15, -0.1) is 0 Å². The first-order valence-electron chi connectivity index (χ1n) is 8.05. The number of ether oxygens (including phenoxy) is 1. The predicted octanol–water partition coefficient (Wildman–Crippen LogP) is 3.16. The van der Waals surface area contributed by atoms with E-state index in [9.17, 15) is 14.9 Å². The maximum Gasteiger partial charge on any atom is 0.410 e. The van der Waals surface area contributed by atoms with Crippen molar-refractivity contribution >= 4 is 17.5 Å². The number of nitro groups is 1. The van der Waals surface area contributed by atoms with E-state index in [1.807, 2.05) is 11.8 Å². The molecule has 1 aromatic rings. The number of carbonyl (C=O) groups excluding carboxylic acids is 1. The Kier molecular flexibility index (Phi) is 4.36. The van der Waals surface area contributed by atoms with Gasteiger partial charge in [0.15, 0.2) is 0 Å². The number of nitrogens with zero attached hydrogens (tertiary/aromatic N) is 2. The second kappa shape index (κ2) is 6.44. The number of piperidine rings is 1. The molecule has 7 heteroatoms. The number of anilines is 1. The van der Waals surface area contributed by atoms with Gasteiger partial charge in [-0.25, -0.2) is 4.79 Å². The number of carbonyl (C=O) groups is 1. The van der Waals surface area contributed by atoms with Crippen LogP contribution in [0.1, 0.15) is 32.6 Å². The standard InChI is InChI=1S/C16H21N3O4/c1-2-23-16(20)18-12-7-8-13(18)10-11(9-12)17-14-5-3-4-6-15(14)19(21)22/h3-6,11-13,17H,2,7-10H2,1H3. The average Bonchev–Trinajstić information content (AvgIpc) is 2.79. The summed E-state index contributed by atoms with van der Waals surface area (Å²) in [5.74, 6) is 0. The third-order valence-electron chi connectivity index (χ3n) is 4.67. The summed E-state index contributed by atoms with van der Waals surface area (Å²) >= 11 is 0. The van der Waals surface area contributed by atoms with Gasteiger partial charge in [0.2, 0.25) is 0 Å². The van der Waals surface area contributed by atoms with Gasteiger partial charge in [-0.3, -0.25) is 10.1 Å². The lowest BCUT2D eigenvalue weighted by Gasteiger charge is -2.38. The minimum absolute atomic E-state index is 0.0904. The maximum absolute atomic E-state index is 12.1. The molecule has 23 heavy (non-hydrogen) atoms. The van der Waals surface area contributed by atoms with E-state index < -0.39 is 0 Å². The van der Waals surface area contributed by atoms with Crippen LogP contribution >= 0.6 is 0 Å². The SMILES string of the molecule is CCOC(=O)N1C2CCC1CC(Nc1ccccc1[N+](=O)[O-])C2. The zero-order valence-electron chi connectivity index (χ0n) is 13.1. The van der Waals surface area contributed by atoms with Crippen LogP contribution in [-0.4, -0.2) is 40.6 Å². The smallest absolute Gasteiger partial charge is 0.410 e. The number of benzene rings is 1. The van der Waals surface area contributed by atoms with E-state index in [0.29, 0.717) is 12.3 Å². The number of hydrogen-bond donors (Lipinski definition) is 1. The number of para-hydroxylation sites is 2. The van der Waals surface area contributed by atoms with Gasteiger partial charge in [0.25, 0.3) is 5.69 Å². The highest BCUT2D eigenvalue weighted by Crippen LogP contribution is 2.38. The van der Waals surface area contributed by atoms with Gasteiger partial charge in [-0.2, -0.15) is 0 Å². The van der Waals surface area contributed by atoms with E-state index in [0.717, 1.165) is 25.7 Å². The van der Waals surface area contributed by atoms with Crippen LogP contribution in [0.15, 0.2) is 24.3 Å². The Hall–Kier alpha value is -2.31. The Bertz CT molecular complexity index is 593. The highest BCUT2D eigenvalue weighted by atomic mass is 16.6. The number of fused-ring (bicyclic) bond motifs is 2. The van der Waals surface area contributed by atoms with E-state index in [1.165, 1.54) is 6.07 Å². The summed E-state index contributed by atoms with van der Waals surface area (Å²) in [5.41, 5.74) is 0.638. The molecule has 1 amide bonds. The van der Waals surface area contributed by atoms with Crippen molar-refractivity contribution in [1.29, 1.82) is 0 Å². The lowest BCUT2D eigenvalue weighted by molar-refractivity contribution is -0.384. The van der Waals surface area contributed by atoms with Crippen LogP contribution in [0.25, 0.3) is 0 Å². The van der Waals surface area contributed by atoms with Crippen molar-refractivity contribution in [3.05, 3.63) is 34.4 Å². The zero-order chi connectivity index (χ0) is 16.4. The molecule has 0 radical (unpaired) electrons. The van der Waals surface area contributed by atoms with Crippen LogP contribution in [0.3, 0.4) is 0 Å². The summed E-state index contributed by atoms with van der Waals surface area (Å²) < 4.78 is 5.14. The van der Waals surface area contributed by atoms with Crippen molar-refractivity contribution in [1.82, 2.24) is 4.90 Å². The third-order valence-corrected chi connectivity index (χ3v) is 4.67. The summed E-state index contributed by atoms with van der Waals surface area (Å²) in [5, 5.41) is 14.4. The second-order valence-corrected chi connectivity index (χ2v) is 6.08. The van der Waals surface area contributed by atoms with Crippen LogP contribution in [0, 0.1) is 10.1 Å².